The number of aryl methyl sites for hydroxylation is 1. The molecule has 9 nitrogen and oxygen atoms in total. The second-order valence-electron chi connectivity index (χ2n) is 13.5. The highest BCUT2D eigenvalue weighted by Gasteiger charge is 2.35. The SMILES string of the molecule is Cc1ncc(-c2ccc(OCc3ncnc4c3oc3ccccc34)cc2)c(N2CCC(C)(C)CC2)c1[C@H](OC(C)(C)C)C(=O)O. The molecule has 1 aliphatic rings. The third kappa shape index (κ3) is 6.35. The van der Waals surface area contributed by atoms with Crippen LogP contribution in [0.4, 0.5) is 5.69 Å². The summed E-state index contributed by atoms with van der Waals surface area (Å²) in [6.45, 7) is 13.9. The average molecular weight is 609 g/mol. The van der Waals surface area contributed by atoms with Crippen molar-refractivity contribution < 1.29 is 23.8 Å². The number of para-hydroxylation sites is 1. The van der Waals surface area contributed by atoms with Gasteiger partial charge in [0.05, 0.1) is 11.3 Å². The fourth-order valence-electron chi connectivity index (χ4n) is 5.95. The van der Waals surface area contributed by atoms with Crippen molar-refractivity contribution in [1.82, 2.24) is 15.0 Å². The van der Waals surface area contributed by atoms with E-state index in [4.69, 9.17) is 18.9 Å². The van der Waals surface area contributed by atoms with Gasteiger partial charge in [0, 0.05) is 41.5 Å². The summed E-state index contributed by atoms with van der Waals surface area (Å²) in [6, 6.07) is 15.6. The summed E-state index contributed by atoms with van der Waals surface area (Å²) in [5.74, 6) is -0.361. The molecule has 234 valence electrons. The lowest BCUT2D eigenvalue weighted by Crippen LogP contribution is -2.39. The molecular formula is C36H40N4O5. The molecular weight excluding hydrogens is 568 g/mol. The molecule has 1 aliphatic heterocycles. The van der Waals surface area contributed by atoms with Crippen molar-refractivity contribution in [3.8, 4) is 16.9 Å². The van der Waals surface area contributed by atoms with Crippen LogP contribution in [0, 0.1) is 12.3 Å². The first kappa shape index (κ1) is 30.5. The largest absolute Gasteiger partial charge is 0.487 e. The summed E-state index contributed by atoms with van der Waals surface area (Å²) in [6.07, 6.45) is 4.22. The minimum Gasteiger partial charge on any atom is -0.487 e. The van der Waals surface area contributed by atoms with Gasteiger partial charge >= 0.3 is 5.97 Å². The van der Waals surface area contributed by atoms with Crippen molar-refractivity contribution in [2.45, 2.75) is 72.7 Å². The van der Waals surface area contributed by atoms with E-state index in [1.165, 1.54) is 6.33 Å². The molecule has 1 saturated heterocycles. The van der Waals surface area contributed by atoms with Gasteiger partial charge in [-0.3, -0.25) is 4.98 Å². The predicted octanol–water partition coefficient (Wildman–Crippen LogP) is 7.89. The van der Waals surface area contributed by atoms with Gasteiger partial charge in [-0.1, -0.05) is 38.1 Å². The number of ether oxygens (including phenoxy) is 2. The summed E-state index contributed by atoms with van der Waals surface area (Å²) >= 11 is 0. The molecule has 3 aromatic heterocycles. The van der Waals surface area contributed by atoms with E-state index in [0.717, 1.165) is 59.2 Å². The highest BCUT2D eigenvalue weighted by Crippen LogP contribution is 2.43. The number of hydrogen-bond acceptors (Lipinski definition) is 8. The molecule has 5 aromatic rings. The maximum Gasteiger partial charge on any atom is 0.337 e. The molecule has 0 saturated carbocycles. The number of rotatable bonds is 8. The summed E-state index contributed by atoms with van der Waals surface area (Å²) < 4.78 is 18.4. The van der Waals surface area contributed by atoms with Crippen LogP contribution in [0.15, 0.2) is 65.5 Å². The van der Waals surface area contributed by atoms with Crippen LogP contribution in [-0.4, -0.2) is 44.7 Å². The van der Waals surface area contributed by atoms with E-state index in [1.807, 2.05) is 82.4 Å². The molecule has 4 heterocycles. The number of aliphatic carboxylic acids is 1. The molecule has 0 bridgehead atoms. The van der Waals surface area contributed by atoms with Crippen molar-refractivity contribution in [1.29, 1.82) is 0 Å². The Morgan fingerprint density at radius 1 is 1.04 bits per heavy atom. The second kappa shape index (κ2) is 11.8. The Hall–Kier alpha value is -4.50. The van der Waals surface area contributed by atoms with Gasteiger partial charge in [-0.15, -0.1) is 0 Å². The molecule has 45 heavy (non-hydrogen) atoms. The number of anilines is 1. The molecule has 0 unspecified atom stereocenters. The number of carboxylic acids is 1. The molecule has 9 heteroatoms. The number of fused-ring (bicyclic) bond motifs is 3. The third-order valence-electron chi connectivity index (χ3n) is 8.45. The number of aromatic nitrogens is 3. The van der Waals surface area contributed by atoms with E-state index in [9.17, 15) is 9.90 Å². The summed E-state index contributed by atoms with van der Waals surface area (Å²) in [4.78, 5) is 28.5. The number of pyridine rings is 1. The Morgan fingerprint density at radius 3 is 2.44 bits per heavy atom. The van der Waals surface area contributed by atoms with Crippen LogP contribution in [0.25, 0.3) is 33.2 Å². The van der Waals surface area contributed by atoms with Gasteiger partial charge in [0.1, 0.15) is 35.5 Å². The molecule has 6 rings (SSSR count). The van der Waals surface area contributed by atoms with E-state index in [-0.39, 0.29) is 12.0 Å². The first-order valence-corrected chi connectivity index (χ1v) is 15.4. The second-order valence-corrected chi connectivity index (χ2v) is 13.5. The number of benzene rings is 2. The van der Waals surface area contributed by atoms with E-state index < -0.39 is 17.7 Å². The monoisotopic (exact) mass is 608 g/mol. The molecule has 0 spiro atoms. The van der Waals surface area contributed by atoms with Crippen LogP contribution in [0.5, 0.6) is 5.75 Å². The highest BCUT2D eigenvalue weighted by molar-refractivity contribution is 6.02. The minimum atomic E-state index is -1.16. The van der Waals surface area contributed by atoms with Crippen LogP contribution >= 0.6 is 0 Å². The molecule has 0 radical (unpaired) electrons. The number of furan rings is 1. The minimum absolute atomic E-state index is 0.216. The topological polar surface area (TPSA) is 111 Å². The number of piperidine rings is 1. The summed E-state index contributed by atoms with van der Waals surface area (Å²) in [5, 5.41) is 11.3. The van der Waals surface area contributed by atoms with Crippen molar-refractivity contribution in [3.63, 3.8) is 0 Å². The third-order valence-corrected chi connectivity index (χ3v) is 8.45. The lowest BCUT2D eigenvalue weighted by atomic mass is 9.82. The van der Waals surface area contributed by atoms with E-state index >= 15 is 0 Å². The Labute approximate surface area is 263 Å². The Balaban J connectivity index is 1.33. The van der Waals surface area contributed by atoms with Gasteiger partial charge in [0.2, 0.25) is 0 Å². The molecule has 1 atom stereocenters. The summed E-state index contributed by atoms with van der Waals surface area (Å²) in [7, 11) is 0. The Bertz CT molecular complexity index is 1850. The van der Waals surface area contributed by atoms with Crippen molar-refractivity contribution in [2.24, 2.45) is 5.41 Å². The number of carboxylic acid groups (broad SMARTS) is 1. The van der Waals surface area contributed by atoms with Gasteiger partial charge in [0.15, 0.2) is 11.7 Å². The number of carbonyl (C=O) groups is 1. The summed E-state index contributed by atoms with van der Waals surface area (Å²) in [5.41, 5.74) is 6.28. The first-order chi connectivity index (χ1) is 21.4. The smallest absolute Gasteiger partial charge is 0.337 e. The fraction of sp³-hybridized carbons (Fsp3) is 0.389. The molecule has 1 fully saturated rings. The molecule has 0 aliphatic carbocycles. The zero-order valence-corrected chi connectivity index (χ0v) is 26.8. The van der Waals surface area contributed by atoms with Crippen LogP contribution in [0.1, 0.15) is 70.5 Å². The maximum atomic E-state index is 12.7. The zero-order valence-electron chi connectivity index (χ0n) is 26.8. The normalized spacial score (nSPS) is 15.8. The van der Waals surface area contributed by atoms with Gasteiger partial charge in [-0.2, -0.15) is 0 Å². The van der Waals surface area contributed by atoms with Crippen LogP contribution in [0.3, 0.4) is 0 Å². The van der Waals surface area contributed by atoms with Crippen LogP contribution in [-0.2, 0) is 16.1 Å². The van der Waals surface area contributed by atoms with Crippen LogP contribution in [0.2, 0.25) is 0 Å². The Kier molecular flexibility index (Phi) is 7.99. The van der Waals surface area contributed by atoms with Crippen LogP contribution < -0.4 is 9.64 Å². The van der Waals surface area contributed by atoms with Gasteiger partial charge in [-0.25, -0.2) is 14.8 Å². The lowest BCUT2D eigenvalue weighted by molar-refractivity contribution is -0.160. The Morgan fingerprint density at radius 2 is 1.76 bits per heavy atom. The number of hydrogen-bond donors (Lipinski definition) is 1. The lowest BCUT2D eigenvalue weighted by Gasteiger charge is -2.41. The van der Waals surface area contributed by atoms with Crippen molar-refractivity contribution >= 4 is 33.7 Å². The zero-order chi connectivity index (χ0) is 31.9. The van der Waals surface area contributed by atoms with E-state index in [0.29, 0.717) is 28.3 Å². The van der Waals surface area contributed by atoms with Crippen molar-refractivity contribution in [2.75, 3.05) is 18.0 Å². The van der Waals surface area contributed by atoms with Gasteiger partial charge in [-0.05, 0) is 75.8 Å². The first-order valence-electron chi connectivity index (χ1n) is 15.4. The standard InChI is InChI=1S/C36H40N4O5/c1-22-29(33(34(41)42)45-35(2,3)4)31(40-17-15-36(5,6)16-18-40)26(19-37-22)23-11-13-24(14-12-23)43-20-27-32-30(39-21-38-27)25-9-7-8-10-28(25)44-32/h7-14,19,21,33H,15-18,20H2,1-6H3,(H,41,42)/t33-/m0/s1. The highest BCUT2D eigenvalue weighted by atomic mass is 16.5. The van der Waals surface area contributed by atoms with Gasteiger partial charge in [0.25, 0.3) is 0 Å². The van der Waals surface area contributed by atoms with Gasteiger partial charge < -0.3 is 23.9 Å². The fourth-order valence-corrected chi connectivity index (χ4v) is 5.95. The van der Waals surface area contributed by atoms with E-state index in [2.05, 4.69) is 28.7 Å². The molecule has 0 amide bonds. The van der Waals surface area contributed by atoms with Crippen molar-refractivity contribution in [3.05, 3.63) is 78.0 Å². The average Bonchev–Trinajstić information content (AvgIpc) is 3.38. The number of nitrogens with zero attached hydrogens (tertiary/aromatic N) is 4. The molecule has 1 N–H and O–H groups in total. The quantitative estimate of drug-likeness (QED) is 0.188. The maximum absolute atomic E-state index is 12.7. The molecule has 2 aromatic carbocycles. The predicted molar refractivity (Wildman–Crippen MR) is 174 cm³/mol. The van der Waals surface area contributed by atoms with E-state index in [1.54, 1.807) is 0 Å².